The summed E-state index contributed by atoms with van der Waals surface area (Å²) in [7, 11) is 0. The average Bonchev–Trinajstić information content (AvgIpc) is 2.78. The van der Waals surface area contributed by atoms with Gasteiger partial charge in [0.15, 0.2) is 11.4 Å². The van der Waals surface area contributed by atoms with Gasteiger partial charge in [-0.05, 0) is 36.8 Å². The highest BCUT2D eigenvalue weighted by Crippen LogP contribution is 2.39. The van der Waals surface area contributed by atoms with Crippen molar-refractivity contribution in [2.45, 2.75) is 24.2 Å². The van der Waals surface area contributed by atoms with Gasteiger partial charge >= 0.3 is 0 Å². The number of ketones is 1. The minimum absolute atomic E-state index is 0.117. The summed E-state index contributed by atoms with van der Waals surface area (Å²) in [6, 6.07) is 8.20. The third kappa shape index (κ3) is 3.30. The van der Waals surface area contributed by atoms with Crippen LogP contribution in [0.15, 0.2) is 29.2 Å². The van der Waals surface area contributed by atoms with Crippen molar-refractivity contribution in [2.24, 2.45) is 0 Å². The first-order valence-corrected chi connectivity index (χ1v) is 11.4. The minimum Gasteiger partial charge on any atom is -0.383 e. The monoisotopic (exact) mass is 421 g/mol. The number of hydrogen-bond donors (Lipinski definition) is 1. The molecule has 7 nitrogen and oxygen atoms in total. The lowest BCUT2D eigenvalue weighted by atomic mass is 9.86. The number of thioether (sulfide) groups is 1. The Labute approximate surface area is 179 Å². The van der Waals surface area contributed by atoms with Crippen LogP contribution in [0.5, 0.6) is 0 Å². The number of carbonyl (C=O) groups is 1. The summed E-state index contributed by atoms with van der Waals surface area (Å²) in [4.78, 5) is 30.3. The Balaban J connectivity index is 1.76. The van der Waals surface area contributed by atoms with Crippen molar-refractivity contribution in [3.8, 4) is 11.1 Å². The molecule has 0 spiro atoms. The standard InChI is InChI=1S/C22H23N5O2S/c1-30-14-7-5-13(6-8-14)17-18-15(3-2-4-16(18)28)24-21-19(17)20(23)25-22(26-21)27-9-11-29-12-10-27/h5-8H,2-4,9-12H2,1H3,(H2,23,24,25,26). The van der Waals surface area contributed by atoms with Gasteiger partial charge in [0.1, 0.15) is 5.82 Å². The molecule has 1 aromatic carbocycles. The van der Waals surface area contributed by atoms with Gasteiger partial charge in [-0.1, -0.05) is 12.1 Å². The molecule has 3 aromatic rings. The molecule has 1 aliphatic heterocycles. The second-order valence-corrected chi connectivity index (χ2v) is 8.40. The van der Waals surface area contributed by atoms with Gasteiger partial charge in [0.25, 0.3) is 0 Å². The summed E-state index contributed by atoms with van der Waals surface area (Å²) in [5, 5.41) is 0.665. The van der Waals surface area contributed by atoms with Crippen molar-refractivity contribution in [1.82, 2.24) is 15.0 Å². The number of aromatic nitrogens is 3. The molecule has 2 N–H and O–H groups in total. The van der Waals surface area contributed by atoms with Crippen LogP contribution in [0, 0.1) is 0 Å². The molecular formula is C22H23N5O2S. The molecule has 3 heterocycles. The van der Waals surface area contributed by atoms with Crippen LogP contribution in [0.1, 0.15) is 28.9 Å². The lowest BCUT2D eigenvalue weighted by molar-refractivity contribution is 0.0972. The summed E-state index contributed by atoms with van der Waals surface area (Å²) in [6.45, 7) is 2.72. The maximum atomic E-state index is 12.9. The first-order chi connectivity index (χ1) is 14.7. The first kappa shape index (κ1) is 19.3. The molecule has 5 rings (SSSR count). The lowest BCUT2D eigenvalue weighted by Gasteiger charge is -2.27. The molecule has 0 amide bonds. The predicted octanol–water partition coefficient (Wildman–Crippen LogP) is 3.35. The van der Waals surface area contributed by atoms with Gasteiger partial charge < -0.3 is 15.4 Å². The van der Waals surface area contributed by atoms with Crippen LogP contribution in [-0.4, -0.2) is 53.3 Å². The summed E-state index contributed by atoms with van der Waals surface area (Å²) in [5.41, 5.74) is 10.3. The highest BCUT2D eigenvalue weighted by molar-refractivity contribution is 7.98. The molecule has 30 heavy (non-hydrogen) atoms. The van der Waals surface area contributed by atoms with E-state index in [-0.39, 0.29) is 5.78 Å². The highest BCUT2D eigenvalue weighted by atomic mass is 32.2. The number of morpholine rings is 1. The third-order valence-electron chi connectivity index (χ3n) is 5.70. The van der Waals surface area contributed by atoms with E-state index in [0.717, 1.165) is 47.6 Å². The molecule has 8 heteroatoms. The van der Waals surface area contributed by atoms with E-state index in [1.165, 1.54) is 0 Å². The third-order valence-corrected chi connectivity index (χ3v) is 6.45. The number of rotatable bonds is 3. The van der Waals surface area contributed by atoms with Gasteiger partial charge in [-0.2, -0.15) is 9.97 Å². The molecule has 0 radical (unpaired) electrons. The van der Waals surface area contributed by atoms with Gasteiger partial charge in [-0.15, -0.1) is 11.8 Å². The van der Waals surface area contributed by atoms with Gasteiger partial charge in [-0.3, -0.25) is 4.79 Å². The number of pyridine rings is 1. The number of anilines is 2. The zero-order chi connectivity index (χ0) is 20.7. The summed E-state index contributed by atoms with van der Waals surface area (Å²) >= 11 is 1.68. The molecular weight excluding hydrogens is 398 g/mol. The Hall–Kier alpha value is -2.71. The topological polar surface area (TPSA) is 94.2 Å². The lowest BCUT2D eigenvalue weighted by Crippen LogP contribution is -2.37. The fourth-order valence-corrected chi connectivity index (χ4v) is 4.61. The van der Waals surface area contributed by atoms with Crippen LogP contribution in [0.4, 0.5) is 11.8 Å². The number of nitrogen functional groups attached to an aromatic ring is 1. The molecule has 0 saturated carbocycles. The Morgan fingerprint density at radius 3 is 2.53 bits per heavy atom. The molecule has 154 valence electrons. The minimum atomic E-state index is 0.117. The van der Waals surface area contributed by atoms with Crippen LogP contribution < -0.4 is 10.6 Å². The van der Waals surface area contributed by atoms with Crippen molar-refractivity contribution in [2.75, 3.05) is 43.2 Å². The molecule has 2 aliphatic rings. The zero-order valence-corrected chi connectivity index (χ0v) is 17.7. The quantitative estimate of drug-likeness (QED) is 0.644. The number of nitrogens with zero attached hydrogens (tertiary/aromatic N) is 4. The Morgan fingerprint density at radius 1 is 1.03 bits per heavy atom. The second kappa shape index (κ2) is 7.85. The largest absolute Gasteiger partial charge is 0.383 e. The van der Waals surface area contributed by atoms with E-state index in [0.29, 0.717) is 48.0 Å². The Kier molecular flexibility index (Phi) is 5.04. The number of nitrogens with two attached hydrogens (primary N) is 1. The molecule has 0 unspecified atom stereocenters. The maximum Gasteiger partial charge on any atom is 0.229 e. The zero-order valence-electron chi connectivity index (χ0n) is 16.9. The van der Waals surface area contributed by atoms with Crippen LogP contribution >= 0.6 is 11.8 Å². The fourth-order valence-electron chi connectivity index (χ4n) is 4.20. The van der Waals surface area contributed by atoms with Crippen LogP contribution in [0.3, 0.4) is 0 Å². The number of Topliss-reactive ketones (excluding diaryl/α,β-unsaturated/α-hetero) is 1. The normalized spacial score (nSPS) is 16.7. The first-order valence-electron chi connectivity index (χ1n) is 10.2. The fraction of sp³-hybridized carbons (Fsp3) is 0.364. The van der Waals surface area contributed by atoms with Gasteiger partial charge in [0.05, 0.1) is 24.3 Å². The van der Waals surface area contributed by atoms with Crippen molar-refractivity contribution in [3.63, 3.8) is 0 Å². The number of benzene rings is 1. The highest BCUT2D eigenvalue weighted by Gasteiger charge is 2.28. The predicted molar refractivity (Wildman–Crippen MR) is 119 cm³/mol. The van der Waals surface area contributed by atoms with Crippen molar-refractivity contribution < 1.29 is 9.53 Å². The molecule has 2 aromatic heterocycles. The summed E-state index contributed by atoms with van der Waals surface area (Å²) in [6.07, 6.45) is 4.15. The van der Waals surface area contributed by atoms with Crippen LogP contribution in [0.25, 0.3) is 22.2 Å². The maximum absolute atomic E-state index is 12.9. The Bertz CT molecular complexity index is 1130. The van der Waals surface area contributed by atoms with E-state index in [1.807, 2.05) is 18.4 Å². The van der Waals surface area contributed by atoms with E-state index in [2.05, 4.69) is 22.0 Å². The number of carbonyl (C=O) groups excluding carboxylic acids is 1. The van der Waals surface area contributed by atoms with E-state index in [4.69, 9.17) is 20.4 Å². The van der Waals surface area contributed by atoms with Crippen LogP contribution in [0.2, 0.25) is 0 Å². The van der Waals surface area contributed by atoms with Gasteiger partial charge in [0, 0.05) is 35.5 Å². The average molecular weight is 422 g/mol. The summed E-state index contributed by atoms with van der Waals surface area (Å²) in [5.74, 6) is 1.05. The molecule has 0 bridgehead atoms. The van der Waals surface area contributed by atoms with E-state index in [9.17, 15) is 4.79 Å². The van der Waals surface area contributed by atoms with Crippen molar-refractivity contribution >= 4 is 40.3 Å². The smallest absolute Gasteiger partial charge is 0.229 e. The second-order valence-electron chi connectivity index (χ2n) is 7.52. The number of aryl methyl sites for hydroxylation is 1. The SMILES string of the molecule is CSc1ccc(-c2c3c(nc4nc(N5CCOCC5)nc(N)c24)CCCC3=O)cc1. The molecule has 0 atom stereocenters. The van der Waals surface area contributed by atoms with Gasteiger partial charge in [-0.25, -0.2) is 4.98 Å². The van der Waals surface area contributed by atoms with Crippen LogP contribution in [-0.2, 0) is 11.2 Å². The van der Waals surface area contributed by atoms with Crippen molar-refractivity contribution in [3.05, 3.63) is 35.5 Å². The van der Waals surface area contributed by atoms with E-state index >= 15 is 0 Å². The number of ether oxygens (including phenoxy) is 1. The van der Waals surface area contributed by atoms with Gasteiger partial charge in [0.2, 0.25) is 5.95 Å². The van der Waals surface area contributed by atoms with E-state index in [1.54, 1.807) is 11.8 Å². The molecule has 1 saturated heterocycles. The molecule has 1 aliphatic carbocycles. The number of hydrogen-bond acceptors (Lipinski definition) is 8. The summed E-state index contributed by atoms with van der Waals surface area (Å²) < 4.78 is 5.44. The Morgan fingerprint density at radius 2 is 1.80 bits per heavy atom. The van der Waals surface area contributed by atoms with Crippen molar-refractivity contribution in [1.29, 1.82) is 0 Å². The van der Waals surface area contributed by atoms with E-state index < -0.39 is 0 Å². The molecule has 1 fully saturated rings. The number of fused-ring (bicyclic) bond motifs is 2.